The van der Waals surface area contributed by atoms with E-state index in [1.807, 2.05) is 24.3 Å². The van der Waals surface area contributed by atoms with Gasteiger partial charge in [-0.15, -0.1) is 0 Å². The molecule has 168 valence electrons. The zero-order valence-electron chi connectivity index (χ0n) is 19.1. The Labute approximate surface area is 191 Å². The monoisotopic (exact) mass is 440 g/mol. The topological polar surface area (TPSA) is 41.5 Å². The highest BCUT2D eigenvalue weighted by Crippen LogP contribution is 2.37. The molecule has 5 nitrogen and oxygen atoms in total. The summed E-state index contributed by atoms with van der Waals surface area (Å²) in [5, 5.41) is 0. The van der Waals surface area contributed by atoms with Gasteiger partial charge in [0, 0.05) is 43.8 Å². The van der Waals surface area contributed by atoms with Gasteiger partial charge in [-0.05, 0) is 68.6 Å². The third-order valence-corrected chi connectivity index (χ3v) is 7.47. The molecule has 6 heteroatoms. The normalized spacial score (nSPS) is 17.0. The minimum Gasteiger partial charge on any atom is -0.493 e. The fourth-order valence-electron chi connectivity index (χ4n) is 4.72. The summed E-state index contributed by atoms with van der Waals surface area (Å²) < 4.78 is 8.61. The molecule has 2 aliphatic heterocycles. The van der Waals surface area contributed by atoms with Gasteiger partial charge < -0.3 is 13.9 Å². The number of hydrogen-bond acceptors (Lipinski definition) is 6. The molecule has 0 unspecified atom stereocenters. The summed E-state index contributed by atoms with van der Waals surface area (Å²) in [6.45, 7) is 6.25. The lowest BCUT2D eigenvalue weighted by atomic mass is 9.92. The summed E-state index contributed by atoms with van der Waals surface area (Å²) in [6, 6.07) is 6.51. The highest BCUT2D eigenvalue weighted by atomic mass is 32.2. The van der Waals surface area contributed by atoms with Crippen molar-refractivity contribution in [2.45, 2.75) is 58.3 Å². The molecule has 0 bridgehead atoms. The van der Waals surface area contributed by atoms with Gasteiger partial charge in [-0.25, -0.2) is 9.97 Å². The van der Waals surface area contributed by atoms with Crippen LogP contribution in [0.15, 0.2) is 30.6 Å². The molecule has 1 saturated heterocycles. The number of aromatic nitrogens is 2. The molecule has 1 aromatic carbocycles. The van der Waals surface area contributed by atoms with Crippen LogP contribution in [0.5, 0.6) is 5.75 Å². The smallest absolute Gasteiger partial charge is 0.225 e. The van der Waals surface area contributed by atoms with E-state index in [0.29, 0.717) is 0 Å². The van der Waals surface area contributed by atoms with Crippen molar-refractivity contribution in [2.24, 2.45) is 5.92 Å². The second-order valence-electron chi connectivity index (χ2n) is 8.66. The van der Waals surface area contributed by atoms with Gasteiger partial charge in [0.25, 0.3) is 0 Å². The van der Waals surface area contributed by atoms with Crippen LogP contribution in [-0.2, 0) is 12.8 Å². The molecule has 1 fully saturated rings. The first-order valence-corrected chi connectivity index (χ1v) is 13.1. The molecule has 0 atom stereocenters. The molecular weight excluding hydrogens is 404 g/mol. The average Bonchev–Trinajstić information content (AvgIpc) is 2.84. The van der Waals surface area contributed by atoms with Gasteiger partial charge in [-0.2, -0.15) is 0 Å². The van der Waals surface area contributed by atoms with E-state index < -0.39 is 0 Å². The van der Waals surface area contributed by atoms with Gasteiger partial charge in [0.2, 0.25) is 5.95 Å². The van der Waals surface area contributed by atoms with Crippen LogP contribution in [0.2, 0.25) is 0 Å². The highest BCUT2D eigenvalue weighted by molar-refractivity contribution is 7.99. The Morgan fingerprint density at radius 1 is 1.10 bits per heavy atom. The minimum absolute atomic E-state index is 0.825. The summed E-state index contributed by atoms with van der Waals surface area (Å²) in [7, 11) is 0. The summed E-state index contributed by atoms with van der Waals surface area (Å²) >= 11 is 1.81. The lowest BCUT2D eigenvalue weighted by Crippen LogP contribution is -2.34. The maximum atomic E-state index is 6.22. The Morgan fingerprint density at radius 2 is 1.90 bits per heavy atom. The van der Waals surface area contributed by atoms with E-state index >= 15 is 0 Å². The Kier molecular flexibility index (Phi) is 7.95. The predicted octanol–water partition coefficient (Wildman–Crippen LogP) is 5.54. The van der Waals surface area contributed by atoms with Crippen molar-refractivity contribution in [1.29, 1.82) is 0 Å². The molecule has 31 heavy (non-hydrogen) atoms. The lowest BCUT2D eigenvalue weighted by Gasteiger charge is -2.32. The van der Waals surface area contributed by atoms with E-state index in [4.69, 9.17) is 4.74 Å². The second-order valence-corrected chi connectivity index (χ2v) is 9.47. The largest absolute Gasteiger partial charge is 0.493 e. The number of unbranched alkanes of at least 4 members (excludes halogenated alkanes) is 1. The van der Waals surface area contributed by atoms with Crippen molar-refractivity contribution in [1.82, 2.24) is 9.97 Å². The zero-order valence-corrected chi connectivity index (χ0v) is 19.9. The molecule has 0 aliphatic carbocycles. The van der Waals surface area contributed by atoms with Crippen LogP contribution in [0.1, 0.15) is 56.6 Å². The quantitative estimate of drug-likeness (QED) is 0.377. The SMILES string of the molecule is CCc1cnc(N2CCC(CCCCOc3cccc4c3CCCN4SC)CC2)nc1. The number of benzene rings is 1. The first-order valence-electron chi connectivity index (χ1n) is 11.9. The standard InChI is InChI=1S/C25H36N4OS/c1-3-20-18-26-25(27-19-20)28-15-12-21(13-16-28)8-4-5-17-30-24-11-6-10-23-22(24)9-7-14-29(23)31-2/h6,10-11,18-19,21H,3-5,7-9,12-17H2,1-2H3. The number of nitrogens with zero attached hydrogens (tertiary/aromatic N) is 4. The van der Waals surface area contributed by atoms with E-state index in [-0.39, 0.29) is 0 Å². The molecule has 0 radical (unpaired) electrons. The van der Waals surface area contributed by atoms with Gasteiger partial charge in [-0.1, -0.05) is 31.4 Å². The molecule has 3 heterocycles. The van der Waals surface area contributed by atoms with E-state index in [1.165, 1.54) is 48.9 Å². The molecule has 0 N–H and O–H groups in total. The highest BCUT2D eigenvalue weighted by Gasteiger charge is 2.21. The number of fused-ring (bicyclic) bond motifs is 1. The maximum absolute atomic E-state index is 6.22. The molecule has 1 aromatic heterocycles. The van der Waals surface area contributed by atoms with Crippen molar-refractivity contribution < 1.29 is 4.74 Å². The third kappa shape index (κ3) is 5.65. The molecule has 0 amide bonds. The Hall–Kier alpha value is -1.95. The van der Waals surface area contributed by atoms with Crippen molar-refractivity contribution in [3.05, 3.63) is 41.7 Å². The van der Waals surface area contributed by atoms with Gasteiger partial charge in [-0.3, -0.25) is 0 Å². The summed E-state index contributed by atoms with van der Waals surface area (Å²) in [4.78, 5) is 11.4. The number of hydrogen-bond donors (Lipinski definition) is 0. The van der Waals surface area contributed by atoms with Crippen molar-refractivity contribution in [3.63, 3.8) is 0 Å². The molecule has 4 rings (SSSR count). The van der Waals surface area contributed by atoms with Crippen LogP contribution < -0.4 is 13.9 Å². The zero-order chi connectivity index (χ0) is 21.5. The number of anilines is 2. The van der Waals surface area contributed by atoms with Crippen molar-refractivity contribution >= 4 is 23.6 Å². The summed E-state index contributed by atoms with van der Waals surface area (Å²) in [5.41, 5.74) is 3.94. The number of rotatable bonds is 9. The average molecular weight is 441 g/mol. The van der Waals surface area contributed by atoms with Gasteiger partial charge in [0.15, 0.2) is 0 Å². The van der Waals surface area contributed by atoms with Gasteiger partial charge in [0.05, 0.1) is 12.3 Å². The Balaban J connectivity index is 1.16. The van der Waals surface area contributed by atoms with Crippen LogP contribution in [0.25, 0.3) is 0 Å². The van der Waals surface area contributed by atoms with E-state index in [2.05, 4.69) is 50.6 Å². The van der Waals surface area contributed by atoms with E-state index in [9.17, 15) is 0 Å². The fraction of sp³-hybridized carbons (Fsp3) is 0.600. The van der Waals surface area contributed by atoms with Gasteiger partial charge in [0.1, 0.15) is 5.75 Å². The van der Waals surface area contributed by atoms with Gasteiger partial charge >= 0.3 is 0 Å². The second kappa shape index (κ2) is 11.1. The first kappa shape index (κ1) is 22.3. The van der Waals surface area contributed by atoms with E-state index in [0.717, 1.165) is 63.1 Å². The number of piperidine rings is 1. The lowest BCUT2D eigenvalue weighted by molar-refractivity contribution is 0.288. The van der Waals surface area contributed by atoms with Crippen LogP contribution in [-0.4, -0.2) is 42.5 Å². The summed E-state index contributed by atoms with van der Waals surface area (Å²) in [6.07, 6.45) is 15.6. The molecule has 2 aliphatic rings. The predicted molar refractivity (Wildman–Crippen MR) is 131 cm³/mol. The van der Waals surface area contributed by atoms with Crippen LogP contribution in [0.3, 0.4) is 0 Å². The number of aryl methyl sites for hydroxylation is 1. The van der Waals surface area contributed by atoms with Crippen LogP contribution in [0.4, 0.5) is 11.6 Å². The molecular formula is C25H36N4OS. The van der Waals surface area contributed by atoms with Crippen LogP contribution in [0, 0.1) is 5.92 Å². The Bertz CT molecular complexity index is 821. The minimum atomic E-state index is 0.825. The maximum Gasteiger partial charge on any atom is 0.225 e. The van der Waals surface area contributed by atoms with Crippen molar-refractivity contribution in [3.8, 4) is 5.75 Å². The van der Waals surface area contributed by atoms with Crippen LogP contribution >= 0.6 is 11.9 Å². The number of ether oxygens (including phenoxy) is 1. The van der Waals surface area contributed by atoms with E-state index in [1.54, 1.807) is 0 Å². The molecule has 2 aromatic rings. The molecule has 0 saturated carbocycles. The third-order valence-electron chi connectivity index (χ3n) is 6.65. The fourth-order valence-corrected chi connectivity index (χ4v) is 5.40. The molecule has 0 spiro atoms. The first-order chi connectivity index (χ1) is 15.3. The van der Waals surface area contributed by atoms with Crippen molar-refractivity contribution in [2.75, 3.05) is 41.7 Å². The Morgan fingerprint density at radius 3 is 2.65 bits per heavy atom. The summed E-state index contributed by atoms with van der Waals surface area (Å²) in [5.74, 6) is 2.82.